The summed E-state index contributed by atoms with van der Waals surface area (Å²) in [5, 5.41) is 4.65. The Balaban J connectivity index is 1.26. The number of nitrogens with one attached hydrogen (secondary N) is 1. The molecule has 3 heterocycles. The van der Waals surface area contributed by atoms with Gasteiger partial charge < -0.3 is 14.6 Å². The van der Waals surface area contributed by atoms with E-state index < -0.39 is 0 Å². The number of carbonyl (C=O) groups excluding carboxylic acids is 1. The summed E-state index contributed by atoms with van der Waals surface area (Å²) in [7, 11) is 0. The maximum absolute atomic E-state index is 12.3. The van der Waals surface area contributed by atoms with Crippen molar-refractivity contribution in [2.24, 2.45) is 0 Å². The van der Waals surface area contributed by atoms with E-state index in [1.165, 1.54) is 49.7 Å². The predicted octanol–water partition coefficient (Wildman–Crippen LogP) is 5.46. The van der Waals surface area contributed by atoms with Crippen molar-refractivity contribution in [3.63, 3.8) is 0 Å². The summed E-state index contributed by atoms with van der Waals surface area (Å²) in [5.41, 5.74) is 4.15. The fraction of sp³-hybridized carbons (Fsp3) is 0.400. The highest BCUT2D eigenvalue weighted by Gasteiger charge is 2.33. The second-order valence-corrected chi connectivity index (χ2v) is 8.42. The molecule has 0 radical (unpaired) electrons. The normalized spacial score (nSPS) is 21.9. The van der Waals surface area contributed by atoms with Crippen molar-refractivity contribution in [1.82, 2.24) is 4.90 Å². The van der Waals surface area contributed by atoms with Crippen molar-refractivity contribution in [2.45, 2.75) is 44.1 Å². The van der Waals surface area contributed by atoms with Crippen molar-refractivity contribution < 1.29 is 9.21 Å². The molecule has 0 spiro atoms. The summed E-state index contributed by atoms with van der Waals surface area (Å²) >= 11 is 0. The first kappa shape index (κ1) is 18.4. The smallest absolute Gasteiger partial charge is 0.164 e. The molecule has 2 atom stereocenters. The van der Waals surface area contributed by atoms with Gasteiger partial charge in [0, 0.05) is 41.2 Å². The first-order chi connectivity index (χ1) is 14.3. The number of benzene rings is 2. The fourth-order valence-electron chi connectivity index (χ4n) is 5.07. The van der Waals surface area contributed by atoms with Gasteiger partial charge in [-0.15, -0.1) is 0 Å². The van der Waals surface area contributed by atoms with Crippen LogP contribution in [-0.2, 0) is 0 Å². The molecule has 0 aliphatic carbocycles. The minimum absolute atomic E-state index is 0.173. The zero-order valence-electron chi connectivity index (χ0n) is 16.8. The van der Waals surface area contributed by atoms with Crippen LogP contribution in [0.15, 0.2) is 59.2 Å². The van der Waals surface area contributed by atoms with Gasteiger partial charge in [0.15, 0.2) is 5.78 Å². The molecule has 2 unspecified atom stereocenters. The lowest BCUT2D eigenvalue weighted by Gasteiger charge is -2.34. The average molecular weight is 389 g/mol. The van der Waals surface area contributed by atoms with Crippen LogP contribution in [0.4, 0.5) is 5.69 Å². The number of piperidine rings is 1. The SMILES string of the molecule is O=C(CCNc1ccc2occ(C3CCN4CCCC4C3)c2c1)c1ccccc1. The summed E-state index contributed by atoms with van der Waals surface area (Å²) in [5.74, 6) is 0.761. The molecule has 1 aromatic heterocycles. The molecule has 3 aromatic rings. The summed E-state index contributed by atoms with van der Waals surface area (Å²) in [4.78, 5) is 15.0. The van der Waals surface area contributed by atoms with Gasteiger partial charge in [0.1, 0.15) is 5.58 Å². The molecule has 2 aliphatic rings. The molecule has 2 aromatic carbocycles. The van der Waals surface area contributed by atoms with Crippen molar-refractivity contribution in [3.8, 4) is 0 Å². The van der Waals surface area contributed by atoms with E-state index in [-0.39, 0.29) is 5.78 Å². The number of anilines is 1. The lowest BCUT2D eigenvalue weighted by atomic mass is 9.85. The molecule has 4 nitrogen and oxygen atoms in total. The molecule has 2 saturated heterocycles. The topological polar surface area (TPSA) is 45.5 Å². The van der Waals surface area contributed by atoms with Gasteiger partial charge in [0.05, 0.1) is 6.26 Å². The van der Waals surface area contributed by atoms with Crippen LogP contribution in [0.1, 0.15) is 53.9 Å². The lowest BCUT2D eigenvalue weighted by Crippen LogP contribution is -2.37. The number of nitrogens with zero attached hydrogens (tertiary/aromatic N) is 1. The van der Waals surface area contributed by atoms with Crippen LogP contribution in [0.3, 0.4) is 0 Å². The van der Waals surface area contributed by atoms with Crippen molar-refractivity contribution in [3.05, 3.63) is 65.9 Å². The quantitative estimate of drug-likeness (QED) is 0.570. The average Bonchev–Trinajstić information content (AvgIpc) is 3.40. The number of rotatable bonds is 6. The van der Waals surface area contributed by atoms with Gasteiger partial charge in [-0.1, -0.05) is 30.3 Å². The molecule has 0 saturated carbocycles. The third kappa shape index (κ3) is 3.82. The van der Waals surface area contributed by atoms with E-state index in [9.17, 15) is 4.79 Å². The summed E-state index contributed by atoms with van der Waals surface area (Å²) in [6, 6.07) is 16.5. The van der Waals surface area contributed by atoms with E-state index in [1.54, 1.807) is 0 Å². The number of hydrogen-bond donors (Lipinski definition) is 1. The molecule has 1 N–H and O–H groups in total. The van der Waals surface area contributed by atoms with E-state index in [1.807, 2.05) is 48.7 Å². The second kappa shape index (κ2) is 8.03. The van der Waals surface area contributed by atoms with Crippen LogP contribution in [0.25, 0.3) is 11.0 Å². The Hall–Kier alpha value is -2.59. The van der Waals surface area contributed by atoms with Crippen LogP contribution in [0.5, 0.6) is 0 Å². The maximum Gasteiger partial charge on any atom is 0.164 e. The van der Waals surface area contributed by atoms with Crippen LogP contribution in [0, 0.1) is 0 Å². The number of ketones is 1. The highest BCUT2D eigenvalue weighted by molar-refractivity contribution is 5.96. The lowest BCUT2D eigenvalue weighted by molar-refractivity contribution is 0.0986. The molecule has 150 valence electrons. The minimum atomic E-state index is 0.173. The number of fused-ring (bicyclic) bond motifs is 2. The van der Waals surface area contributed by atoms with Gasteiger partial charge in [0.2, 0.25) is 0 Å². The zero-order valence-corrected chi connectivity index (χ0v) is 16.8. The Kier molecular flexibility index (Phi) is 5.11. The largest absolute Gasteiger partial charge is 0.464 e. The standard InChI is InChI=1S/C25H28N2O2/c28-24(18-5-2-1-3-6-18)10-12-26-20-8-9-25-22(16-20)23(17-29-25)19-11-14-27-13-4-7-21(27)15-19/h1-3,5-6,8-9,16-17,19,21,26H,4,7,10-15H2. The van der Waals surface area contributed by atoms with Crippen molar-refractivity contribution in [2.75, 3.05) is 25.0 Å². The highest BCUT2D eigenvalue weighted by atomic mass is 16.3. The molecule has 4 heteroatoms. The van der Waals surface area contributed by atoms with Gasteiger partial charge in [-0.25, -0.2) is 0 Å². The van der Waals surface area contributed by atoms with Crippen LogP contribution < -0.4 is 5.32 Å². The predicted molar refractivity (Wildman–Crippen MR) is 117 cm³/mol. The van der Waals surface area contributed by atoms with Crippen molar-refractivity contribution >= 4 is 22.4 Å². The second-order valence-electron chi connectivity index (χ2n) is 8.42. The third-order valence-electron chi connectivity index (χ3n) is 6.64. The number of hydrogen-bond acceptors (Lipinski definition) is 4. The number of carbonyl (C=O) groups is 1. The zero-order chi connectivity index (χ0) is 19.6. The molecule has 0 amide bonds. The Morgan fingerprint density at radius 1 is 1.10 bits per heavy atom. The van der Waals surface area contributed by atoms with E-state index in [0.717, 1.165) is 22.9 Å². The van der Waals surface area contributed by atoms with Gasteiger partial charge in [-0.05, 0) is 62.9 Å². The first-order valence-corrected chi connectivity index (χ1v) is 10.9. The van der Waals surface area contributed by atoms with Crippen LogP contribution >= 0.6 is 0 Å². The van der Waals surface area contributed by atoms with Gasteiger partial charge >= 0.3 is 0 Å². The Labute approximate surface area is 171 Å². The monoisotopic (exact) mass is 388 g/mol. The Bertz CT molecular complexity index is 994. The highest BCUT2D eigenvalue weighted by Crippen LogP contribution is 2.40. The minimum Gasteiger partial charge on any atom is -0.464 e. The Morgan fingerprint density at radius 3 is 2.90 bits per heavy atom. The number of furan rings is 1. The van der Waals surface area contributed by atoms with Gasteiger partial charge in [0.25, 0.3) is 0 Å². The molecule has 29 heavy (non-hydrogen) atoms. The van der Waals surface area contributed by atoms with Crippen LogP contribution in [0.2, 0.25) is 0 Å². The third-order valence-corrected chi connectivity index (χ3v) is 6.64. The van der Waals surface area contributed by atoms with Gasteiger partial charge in [-0.3, -0.25) is 4.79 Å². The maximum atomic E-state index is 12.3. The molecule has 2 fully saturated rings. The summed E-state index contributed by atoms with van der Waals surface area (Å²) < 4.78 is 5.87. The van der Waals surface area contributed by atoms with E-state index in [4.69, 9.17) is 4.42 Å². The molecule has 0 bridgehead atoms. The summed E-state index contributed by atoms with van der Waals surface area (Å²) in [6.45, 7) is 3.12. The molecular formula is C25H28N2O2. The van der Waals surface area contributed by atoms with E-state index in [0.29, 0.717) is 18.9 Å². The van der Waals surface area contributed by atoms with E-state index in [2.05, 4.69) is 16.3 Å². The molecule has 2 aliphatic heterocycles. The molecule has 5 rings (SSSR count). The first-order valence-electron chi connectivity index (χ1n) is 10.9. The number of Topliss-reactive ketones (excluding diaryl/α,β-unsaturated/α-hetero) is 1. The molecular weight excluding hydrogens is 360 g/mol. The van der Waals surface area contributed by atoms with Gasteiger partial charge in [-0.2, -0.15) is 0 Å². The summed E-state index contributed by atoms with van der Waals surface area (Å²) in [6.07, 6.45) is 7.61. The fourth-order valence-corrected chi connectivity index (χ4v) is 5.07. The Morgan fingerprint density at radius 2 is 2.00 bits per heavy atom. The van der Waals surface area contributed by atoms with Crippen molar-refractivity contribution in [1.29, 1.82) is 0 Å². The van der Waals surface area contributed by atoms with E-state index >= 15 is 0 Å². The van der Waals surface area contributed by atoms with Crippen LogP contribution in [-0.4, -0.2) is 36.4 Å².